The zero-order valence-corrected chi connectivity index (χ0v) is 12.9. The number of carbonyl (C=O) groups is 3. The molecule has 1 N–H and O–H groups in total. The quantitative estimate of drug-likeness (QED) is 0.849. The highest BCUT2D eigenvalue weighted by molar-refractivity contribution is 6.02. The Hall–Kier alpha value is -2.37. The van der Waals surface area contributed by atoms with Gasteiger partial charge in [0.05, 0.1) is 0 Å². The minimum absolute atomic E-state index is 0.0808. The molecule has 6 heteroatoms. The minimum atomic E-state index is -0.861. The van der Waals surface area contributed by atoms with Crippen molar-refractivity contribution < 1.29 is 19.2 Å². The predicted molar refractivity (Wildman–Crippen MR) is 80.3 cm³/mol. The summed E-state index contributed by atoms with van der Waals surface area (Å²) in [6.45, 7) is 8.00. The van der Waals surface area contributed by atoms with E-state index < -0.39 is 17.9 Å². The zero-order chi connectivity index (χ0) is 16.3. The summed E-state index contributed by atoms with van der Waals surface area (Å²) in [6, 6.07) is 8.59. The number of amides is 3. The molecule has 0 aliphatic carbocycles. The largest absolute Gasteiger partial charge is 0.436 e. The maximum atomic E-state index is 11.4. The third kappa shape index (κ3) is 6.07. The standard InChI is InChI=1S/C11H10N2O4.2C2H6/c14-9-6-7-10(15)13(9)17-11(16)12-8-4-2-1-3-5-8;2*1-2/h1-5H,6-7H2,(H,12,16);2*1-2H3. The van der Waals surface area contributed by atoms with Crippen LogP contribution in [0.1, 0.15) is 40.5 Å². The number of carbonyl (C=O) groups excluding carboxylic acids is 3. The Kier molecular flexibility index (Phi) is 9.25. The highest BCUT2D eigenvalue weighted by Crippen LogP contribution is 2.13. The number of para-hydroxylation sites is 1. The lowest BCUT2D eigenvalue weighted by atomic mass is 10.3. The lowest BCUT2D eigenvalue weighted by molar-refractivity contribution is -0.170. The first-order valence-corrected chi connectivity index (χ1v) is 7.06. The number of hydroxylamine groups is 2. The van der Waals surface area contributed by atoms with Gasteiger partial charge in [0.15, 0.2) is 0 Å². The Morgan fingerprint density at radius 1 is 1.00 bits per heavy atom. The van der Waals surface area contributed by atoms with Gasteiger partial charge in [-0.1, -0.05) is 45.9 Å². The molecule has 1 saturated heterocycles. The normalized spacial score (nSPS) is 12.7. The maximum Gasteiger partial charge on any atom is 0.436 e. The molecular weight excluding hydrogens is 272 g/mol. The van der Waals surface area contributed by atoms with Gasteiger partial charge in [0.25, 0.3) is 11.8 Å². The molecule has 3 amide bonds. The van der Waals surface area contributed by atoms with Crippen molar-refractivity contribution in [2.45, 2.75) is 40.5 Å². The lowest BCUT2D eigenvalue weighted by Gasteiger charge is -2.12. The average Bonchev–Trinajstić information content (AvgIpc) is 2.84. The molecule has 0 atom stereocenters. The lowest BCUT2D eigenvalue weighted by Crippen LogP contribution is -2.33. The fraction of sp³-hybridized carbons (Fsp3) is 0.400. The molecular formula is C15H22N2O4. The van der Waals surface area contributed by atoms with E-state index in [0.717, 1.165) is 0 Å². The van der Waals surface area contributed by atoms with Crippen LogP contribution in [-0.4, -0.2) is 23.0 Å². The second-order valence-electron chi connectivity index (χ2n) is 3.45. The van der Waals surface area contributed by atoms with Crippen molar-refractivity contribution >= 4 is 23.6 Å². The zero-order valence-electron chi connectivity index (χ0n) is 12.9. The van der Waals surface area contributed by atoms with Crippen molar-refractivity contribution in [2.75, 3.05) is 5.32 Å². The number of hydrogen-bond acceptors (Lipinski definition) is 4. The molecule has 6 nitrogen and oxygen atoms in total. The van der Waals surface area contributed by atoms with Crippen LogP contribution in [0.25, 0.3) is 0 Å². The molecule has 1 heterocycles. The summed E-state index contributed by atoms with van der Waals surface area (Å²) in [4.78, 5) is 38.3. The number of anilines is 1. The smallest absolute Gasteiger partial charge is 0.311 e. The minimum Gasteiger partial charge on any atom is -0.311 e. The molecule has 0 bridgehead atoms. The number of nitrogens with one attached hydrogen (secondary N) is 1. The summed E-state index contributed by atoms with van der Waals surface area (Å²) in [5, 5.41) is 2.90. The molecule has 0 aromatic heterocycles. The van der Waals surface area contributed by atoms with Crippen LogP contribution < -0.4 is 5.32 Å². The van der Waals surface area contributed by atoms with E-state index in [1.165, 1.54) is 0 Å². The van der Waals surface area contributed by atoms with E-state index in [1.54, 1.807) is 30.3 Å². The Morgan fingerprint density at radius 2 is 1.48 bits per heavy atom. The van der Waals surface area contributed by atoms with E-state index in [9.17, 15) is 14.4 Å². The first-order chi connectivity index (χ1) is 10.2. The van der Waals surface area contributed by atoms with Gasteiger partial charge in [0, 0.05) is 18.5 Å². The molecule has 1 aromatic carbocycles. The van der Waals surface area contributed by atoms with Gasteiger partial charge >= 0.3 is 6.09 Å². The van der Waals surface area contributed by atoms with Gasteiger partial charge in [0.2, 0.25) is 0 Å². The first kappa shape index (κ1) is 18.6. The topological polar surface area (TPSA) is 75.7 Å². The number of rotatable bonds is 2. The molecule has 1 aliphatic heterocycles. The Morgan fingerprint density at radius 3 is 1.95 bits per heavy atom. The van der Waals surface area contributed by atoms with Crippen molar-refractivity contribution in [1.29, 1.82) is 0 Å². The number of benzene rings is 1. The van der Waals surface area contributed by atoms with E-state index in [4.69, 9.17) is 0 Å². The van der Waals surface area contributed by atoms with Crippen molar-refractivity contribution in [3.05, 3.63) is 30.3 Å². The molecule has 1 aliphatic rings. The molecule has 1 fully saturated rings. The van der Waals surface area contributed by atoms with Crippen LogP contribution in [0.5, 0.6) is 0 Å². The van der Waals surface area contributed by atoms with Gasteiger partial charge in [0.1, 0.15) is 0 Å². The van der Waals surface area contributed by atoms with Gasteiger partial charge in [-0.15, -0.1) is 5.06 Å². The second-order valence-corrected chi connectivity index (χ2v) is 3.45. The van der Waals surface area contributed by atoms with Crippen LogP contribution in [0.15, 0.2) is 30.3 Å². The van der Waals surface area contributed by atoms with E-state index in [-0.39, 0.29) is 12.8 Å². The van der Waals surface area contributed by atoms with Crippen molar-refractivity contribution in [1.82, 2.24) is 5.06 Å². The van der Waals surface area contributed by atoms with Crippen LogP contribution >= 0.6 is 0 Å². The van der Waals surface area contributed by atoms with E-state index in [0.29, 0.717) is 10.8 Å². The summed E-state index contributed by atoms with van der Waals surface area (Å²) in [7, 11) is 0. The molecule has 116 valence electrons. The highest BCUT2D eigenvalue weighted by atomic mass is 16.7. The monoisotopic (exact) mass is 294 g/mol. The summed E-state index contributed by atoms with van der Waals surface area (Å²) in [6.07, 6.45) is -0.700. The third-order valence-electron chi connectivity index (χ3n) is 2.20. The molecule has 0 saturated carbocycles. The Balaban J connectivity index is 0.000000921. The van der Waals surface area contributed by atoms with Crippen LogP contribution in [0, 0.1) is 0 Å². The first-order valence-electron chi connectivity index (χ1n) is 7.06. The maximum absolute atomic E-state index is 11.4. The SMILES string of the molecule is CC.CC.O=C(Nc1ccccc1)ON1C(=O)CCC1=O. The molecule has 2 rings (SSSR count). The van der Waals surface area contributed by atoms with Gasteiger partial charge in [-0.25, -0.2) is 4.79 Å². The molecule has 0 radical (unpaired) electrons. The number of nitrogens with zero attached hydrogens (tertiary/aromatic N) is 1. The van der Waals surface area contributed by atoms with Crippen LogP contribution in [0.3, 0.4) is 0 Å². The van der Waals surface area contributed by atoms with Crippen LogP contribution in [0.4, 0.5) is 10.5 Å². The van der Waals surface area contributed by atoms with Gasteiger partial charge in [-0.05, 0) is 12.1 Å². The molecule has 1 aromatic rings. The van der Waals surface area contributed by atoms with E-state index in [1.807, 2.05) is 27.7 Å². The van der Waals surface area contributed by atoms with Crippen molar-refractivity contribution in [3.8, 4) is 0 Å². The Labute approximate surface area is 125 Å². The summed E-state index contributed by atoms with van der Waals surface area (Å²) in [5.41, 5.74) is 0.525. The van der Waals surface area contributed by atoms with Gasteiger partial charge < -0.3 is 4.84 Å². The van der Waals surface area contributed by atoms with E-state index >= 15 is 0 Å². The van der Waals surface area contributed by atoms with Crippen molar-refractivity contribution in [3.63, 3.8) is 0 Å². The van der Waals surface area contributed by atoms with E-state index in [2.05, 4.69) is 10.2 Å². The predicted octanol–water partition coefficient (Wildman–Crippen LogP) is 3.35. The van der Waals surface area contributed by atoms with Crippen LogP contribution in [-0.2, 0) is 14.4 Å². The fourth-order valence-electron chi connectivity index (χ4n) is 1.40. The molecule has 0 spiro atoms. The highest BCUT2D eigenvalue weighted by Gasteiger charge is 2.32. The summed E-state index contributed by atoms with van der Waals surface area (Å²) >= 11 is 0. The summed E-state index contributed by atoms with van der Waals surface area (Å²) in [5.74, 6) is -1.00. The number of imide groups is 1. The fourth-order valence-corrected chi connectivity index (χ4v) is 1.40. The second kappa shape index (κ2) is 10.4. The molecule has 0 unspecified atom stereocenters. The average molecular weight is 294 g/mol. The van der Waals surface area contributed by atoms with Gasteiger partial charge in [-0.3, -0.25) is 14.9 Å². The summed E-state index contributed by atoms with van der Waals surface area (Å²) < 4.78 is 0. The van der Waals surface area contributed by atoms with Gasteiger partial charge in [-0.2, -0.15) is 0 Å². The molecule has 21 heavy (non-hydrogen) atoms. The number of hydrogen-bond donors (Lipinski definition) is 1. The van der Waals surface area contributed by atoms with Crippen LogP contribution in [0.2, 0.25) is 0 Å². The Bertz CT molecular complexity index is 444. The van der Waals surface area contributed by atoms with Crippen molar-refractivity contribution in [2.24, 2.45) is 0 Å². The third-order valence-corrected chi connectivity index (χ3v) is 2.20.